The van der Waals surface area contributed by atoms with Crippen molar-refractivity contribution >= 4 is 34.5 Å². The Bertz CT molecular complexity index is 1120. The fourth-order valence-corrected chi connectivity index (χ4v) is 4.63. The first kappa shape index (κ1) is 24.8. The van der Waals surface area contributed by atoms with Crippen molar-refractivity contribution in [3.63, 3.8) is 0 Å². The summed E-state index contributed by atoms with van der Waals surface area (Å²) in [7, 11) is 1.56. The molecule has 0 spiro atoms. The first-order chi connectivity index (χ1) is 17.1. The third-order valence-corrected chi connectivity index (χ3v) is 6.64. The van der Waals surface area contributed by atoms with Crippen LogP contribution in [0, 0.1) is 0 Å². The Balaban J connectivity index is 1.18. The van der Waals surface area contributed by atoms with E-state index < -0.39 is 0 Å². The van der Waals surface area contributed by atoms with Crippen molar-refractivity contribution in [2.45, 2.75) is 13.0 Å². The average molecular weight is 495 g/mol. The number of carbonyl (C=O) groups excluding carboxylic acids is 2. The fourth-order valence-electron chi connectivity index (χ4n) is 3.93. The number of hydrogen-bond acceptors (Lipinski definition) is 8. The van der Waals surface area contributed by atoms with E-state index in [-0.39, 0.29) is 16.8 Å². The normalized spacial score (nSPS) is 14.0. The molecule has 10 heteroatoms. The minimum absolute atomic E-state index is 0.159. The molecule has 9 nitrogen and oxygen atoms in total. The lowest BCUT2D eigenvalue weighted by molar-refractivity contribution is 0.0950. The van der Waals surface area contributed by atoms with Gasteiger partial charge in [-0.1, -0.05) is 35.6 Å². The second-order valence-corrected chi connectivity index (χ2v) is 9.30. The summed E-state index contributed by atoms with van der Waals surface area (Å²) in [4.78, 5) is 29.9. The molecular weight excluding hydrogens is 464 g/mol. The van der Waals surface area contributed by atoms with Crippen molar-refractivity contribution in [1.82, 2.24) is 20.4 Å². The minimum atomic E-state index is -0.366. The second-order valence-electron chi connectivity index (χ2n) is 8.24. The number of nitrogens with one attached hydrogen (secondary N) is 2. The summed E-state index contributed by atoms with van der Waals surface area (Å²) in [6.45, 7) is 5.93. The van der Waals surface area contributed by atoms with Gasteiger partial charge in [0.15, 0.2) is 0 Å². The van der Waals surface area contributed by atoms with E-state index in [2.05, 4.69) is 54.9 Å². The lowest BCUT2D eigenvalue weighted by Crippen LogP contribution is -2.47. The van der Waals surface area contributed by atoms with Gasteiger partial charge in [-0.25, -0.2) is 0 Å². The van der Waals surface area contributed by atoms with Crippen LogP contribution in [0.3, 0.4) is 0 Å². The number of carbonyl (C=O) groups is 2. The van der Waals surface area contributed by atoms with E-state index in [0.29, 0.717) is 29.4 Å². The van der Waals surface area contributed by atoms with Crippen molar-refractivity contribution in [3.05, 3.63) is 70.2 Å². The van der Waals surface area contributed by atoms with Gasteiger partial charge in [-0.15, -0.1) is 10.2 Å². The first-order valence-corrected chi connectivity index (χ1v) is 12.5. The van der Waals surface area contributed by atoms with Crippen LogP contribution in [0.15, 0.2) is 54.6 Å². The molecule has 2 aromatic carbocycles. The number of aromatic nitrogens is 2. The molecule has 4 rings (SSSR count). The molecule has 1 fully saturated rings. The molecule has 0 unspecified atom stereocenters. The van der Waals surface area contributed by atoms with Gasteiger partial charge in [0.05, 0.1) is 6.61 Å². The average Bonchev–Trinajstić information content (AvgIpc) is 3.37. The van der Waals surface area contributed by atoms with Crippen LogP contribution in [-0.2, 0) is 11.3 Å². The Morgan fingerprint density at radius 3 is 2.57 bits per heavy atom. The zero-order valence-electron chi connectivity index (χ0n) is 19.8. The number of ether oxygens (including phenoxy) is 1. The van der Waals surface area contributed by atoms with E-state index in [1.807, 2.05) is 6.07 Å². The first-order valence-electron chi connectivity index (χ1n) is 11.7. The maximum Gasteiger partial charge on any atom is 0.286 e. The molecule has 2 heterocycles. The molecule has 1 aliphatic heterocycles. The summed E-state index contributed by atoms with van der Waals surface area (Å²) < 4.78 is 5.00. The Morgan fingerprint density at radius 1 is 1.00 bits per heavy atom. The number of amides is 2. The number of piperazine rings is 1. The molecule has 0 radical (unpaired) electrons. The molecule has 1 aliphatic rings. The zero-order valence-corrected chi connectivity index (χ0v) is 20.6. The van der Waals surface area contributed by atoms with Crippen LogP contribution in [0.1, 0.15) is 31.6 Å². The monoisotopic (exact) mass is 494 g/mol. The lowest BCUT2D eigenvalue weighted by Gasteiger charge is -2.36. The van der Waals surface area contributed by atoms with Crippen molar-refractivity contribution in [2.75, 3.05) is 56.6 Å². The van der Waals surface area contributed by atoms with Gasteiger partial charge in [0.1, 0.15) is 5.01 Å². The maximum atomic E-state index is 12.6. The Hall–Kier alpha value is -3.34. The molecule has 1 aromatic heterocycles. The van der Waals surface area contributed by atoms with Crippen LogP contribution in [0.2, 0.25) is 0 Å². The van der Waals surface area contributed by atoms with Crippen molar-refractivity contribution in [2.24, 2.45) is 0 Å². The van der Waals surface area contributed by atoms with Crippen LogP contribution in [0.5, 0.6) is 0 Å². The number of rotatable bonds is 10. The van der Waals surface area contributed by atoms with Gasteiger partial charge in [0.2, 0.25) is 5.01 Å². The molecule has 0 saturated carbocycles. The molecular formula is C25H30N6O3S. The number of para-hydroxylation sites is 1. The summed E-state index contributed by atoms with van der Waals surface area (Å²) >= 11 is 1.17. The number of nitrogens with zero attached hydrogens (tertiary/aromatic N) is 4. The minimum Gasteiger partial charge on any atom is -0.377 e. The summed E-state index contributed by atoms with van der Waals surface area (Å²) in [6, 6.07) is 17.4. The number of hydrogen-bond donors (Lipinski definition) is 2. The van der Waals surface area contributed by atoms with Crippen LogP contribution >= 0.6 is 11.3 Å². The van der Waals surface area contributed by atoms with E-state index in [1.165, 1.54) is 17.0 Å². The van der Waals surface area contributed by atoms with E-state index in [1.54, 1.807) is 31.4 Å². The molecule has 0 atom stereocenters. The lowest BCUT2D eigenvalue weighted by atomic mass is 10.2. The van der Waals surface area contributed by atoms with E-state index >= 15 is 0 Å². The molecule has 3 aromatic rings. The predicted octanol–water partition coefficient (Wildman–Crippen LogP) is 2.88. The fraction of sp³-hybridized carbons (Fsp3) is 0.360. The Labute approximate surface area is 209 Å². The quantitative estimate of drug-likeness (QED) is 0.418. The van der Waals surface area contributed by atoms with Crippen molar-refractivity contribution < 1.29 is 14.3 Å². The van der Waals surface area contributed by atoms with Gasteiger partial charge in [-0.3, -0.25) is 14.5 Å². The summed E-state index contributed by atoms with van der Waals surface area (Å²) in [6.07, 6.45) is 0.883. The van der Waals surface area contributed by atoms with E-state index in [0.717, 1.165) is 39.1 Å². The molecule has 2 amide bonds. The summed E-state index contributed by atoms with van der Waals surface area (Å²) in [5, 5.41) is 14.4. The highest BCUT2D eigenvalue weighted by atomic mass is 32.1. The highest BCUT2D eigenvalue weighted by Crippen LogP contribution is 2.17. The Morgan fingerprint density at radius 2 is 1.80 bits per heavy atom. The standard InChI is InChI=1S/C25H30N6O3S/c1-34-18-22-28-29-25(35-22)24(33)27-20-8-5-7-19(17-20)23(32)26-11-6-12-30-13-15-31(16-14-30)21-9-3-2-4-10-21/h2-5,7-10,17H,6,11-16,18H2,1H3,(H,26,32)(H,27,33). The van der Waals surface area contributed by atoms with Crippen LogP contribution in [0.4, 0.5) is 11.4 Å². The topological polar surface area (TPSA) is 99.7 Å². The van der Waals surface area contributed by atoms with Gasteiger partial charge < -0.3 is 20.3 Å². The van der Waals surface area contributed by atoms with E-state index in [4.69, 9.17) is 4.74 Å². The van der Waals surface area contributed by atoms with Gasteiger partial charge in [-0.05, 0) is 43.3 Å². The van der Waals surface area contributed by atoms with Crippen LogP contribution in [-0.4, -0.2) is 73.3 Å². The number of benzene rings is 2. The molecule has 2 N–H and O–H groups in total. The Kier molecular flexibility index (Phi) is 8.77. The van der Waals surface area contributed by atoms with Crippen molar-refractivity contribution in [1.29, 1.82) is 0 Å². The second kappa shape index (κ2) is 12.4. The van der Waals surface area contributed by atoms with Crippen LogP contribution in [0.25, 0.3) is 0 Å². The van der Waals surface area contributed by atoms with Gasteiger partial charge in [0, 0.05) is 56.8 Å². The number of anilines is 2. The van der Waals surface area contributed by atoms with E-state index in [9.17, 15) is 9.59 Å². The highest BCUT2D eigenvalue weighted by molar-refractivity contribution is 7.13. The molecule has 35 heavy (non-hydrogen) atoms. The third kappa shape index (κ3) is 7.08. The largest absolute Gasteiger partial charge is 0.377 e. The summed E-state index contributed by atoms with van der Waals surface area (Å²) in [5.41, 5.74) is 2.30. The van der Waals surface area contributed by atoms with Crippen molar-refractivity contribution in [3.8, 4) is 0 Å². The number of methoxy groups -OCH3 is 1. The molecule has 184 valence electrons. The van der Waals surface area contributed by atoms with Gasteiger partial charge in [-0.2, -0.15) is 0 Å². The molecule has 1 saturated heterocycles. The zero-order chi connectivity index (χ0) is 24.5. The summed E-state index contributed by atoms with van der Waals surface area (Å²) in [5.74, 6) is -0.525. The molecule has 0 aliphatic carbocycles. The third-order valence-electron chi connectivity index (χ3n) is 5.74. The maximum absolute atomic E-state index is 12.6. The highest BCUT2D eigenvalue weighted by Gasteiger charge is 2.17. The van der Waals surface area contributed by atoms with Crippen LogP contribution < -0.4 is 15.5 Å². The van der Waals surface area contributed by atoms with Gasteiger partial charge in [0.25, 0.3) is 11.8 Å². The SMILES string of the molecule is COCc1nnc(C(=O)Nc2cccc(C(=O)NCCCN3CCN(c4ccccc4)CC3)c2)s1. The molecule has 0 bridgehead atoms. The predicted molar refractivity (Wildman–Crippen MR) is 137 cm³/mol. The smallest absolute Gasteiger partial charge is 0.286 e. The van der Waals surface area contributed by atoms with Gasteiger partial charge >= 0.3 is 0 Å².